The number of allylic oxidation sites excluding steroid dienone is 9. The number of hydrogen-bond donors (Lipinski definition) is 2. The Morgan fingerprint density at radius 2 is 1.53 bits per heavy atom. The van der Waals surface area contributed by atoms with Crippen molar-refractivity contribution in [3.05, 3.63) is 113 Å². The maximum atomic E-state index is 4.62. The summed E-state index contributed by atoms with van der Waals surface area (Å²) in [6, 6.07) is 15.4. The summed E-state index contributed by atoms with van der Waals surface area (Å²) in [6.45, 7) is 17.0. The largest absolute Gasteiger partial charge is 0.319 e. The molecule has 0 saturated heterocycles. The van der Waals surface area contributed by atoms with Gasteiger partial charge in [-0.2, -0.15) is 0 Å². The van der Waals surface area contributed by atoms with E-state index in [1.807, 2.05) is 26.0 Å². The van der Waals surface area contributed by atoms with E-state index in [1.54, 1.807) is 0 Å². The molecule has 0 radical (unpaired) electrons. The molecule has 0 amide bonds. The normalized spacial score (nSPS) is 14.2. The summed E-state index contributed by atoms with van der Waals surface area (Å²) < 4.78 is 0. The zero-order valence-corrected chi connectivity index (χ0v) is 22.1. The van der Waals surface area contributed by atoms with Gasteiger partial charge in [0.1, 0.15) is 0 Å². The highest BCUT2D eigenvalue weighted by Gasteiger charge is 2.16. The minimum absolute atomic E-state index is 0.250. The van der Waals surface area contributed by atoms with E-state index in [4.69, 9.17) is 0 Å². The Bertz CT molecular complexity index is 1020. The average Bonchev–Trinajstić information content (AvgIpc) is 2.87. The van der Waals surface area contributed by atoms with Gasteiger partial charge in [-0.05, 0) is 72.9 Å². The first kappa shape index (κ1) is 29.1. The molecule has 0 bridgehead atoms. The summed E-state index contributed by atoms with van der Waals surface area (Å²) in [4.78, 5) is 0. The third kappa shape index (κ3) is 8.44. The van der Waals surface area contributed by atoms with Crippen molar-refractivity contribution in [1.82, 2.24) is 0 Å². The van der Waals surface area contributed by atoms with Crippen molar-refractivity contribution in [2.24, 2.45) is 17.4 Å². The lowest BCUT2D eigenvalue weighted by molar-refractivity contribution is 0.738. The van der Waals surface area contributed by atoms with Gasteiger partial charge in [0.25, 0.3) is 0 Å². The monoisotopic (exact) mass is 456 g/mol. The molecule has 0 heterocycles. The lowest BCUT2D eigenvalue weighted by Crippen LogP contribution is -2.08. The smallest absolute Gasteiger partial charge is 0.0403 e. The Morgan fingerprint density at radius 1 is 0.941 bits per heavy atom. The van der Waals surface area contributed by atoms with Crippen LogP contribution in [0.15, 0.2) is 96.6 Å². The van der Waals surface area contributed by atoms with Crippen molar-refractivity contribution in [2.45, 2.75) is 54.4 Å². The molecular formula is C32H44N2. The summed E-state index contributed by atoms with van der Waals surface area (Å²) in [5.41, 5.74) is 20.3. The summed E-state index contributed by atoms with van der Waals surface area (Å²) in [5.74, 6) is 0.477. The molecule has 0 fully saturated rings. The average molecular weight is 457 g/mol. The second kappa shape index (κ2) is 15.8. The van der Waals surface area contributed by atoms with Crippen LogP contribution in [-0.4, -0.2) is 6.67 Å². The zero-order chi connectivity index (χ0) is 25.5. The molecular weight excluding hydrogens is 412 g/mol. The quantitative estimate of drug-likeness (QED) is 0.339. The second-order valence-corrected chi connectivity index (χ2v) is 8.27. The fourth-order valence-corrected chi connectivity index (χ4v) is 4.05. The van der Waals surface area contributed by atoms with Crippen LogP contribution in [0, 0.1) is 19.8 Å². The van der Waals surface area contributed by atoms with E-state index in [-0.39, 0.29) is 6.67 Å². The molecule has 2 aromatic rings. The molecule has 34 heavy (non-hydrogen) atoms. The van der Waals surface area contributed by atoms with Gasteiger partial charge in [-0.1, -0.05) is 117 Å². The van der Waals surface area contributed by atoms with Crippen molar-refractivity contribution < 1.29 is 0 Å². The molecule has 0 aliphatic heterocycles. The SMILES string of the molecule is C=C/C=C\C=C(/C)C(C)C1=CC=C(c2cc(C)c(-c3ccccc3)cc2C)CC1.CC.NCN. The third-order valence-corrected chi connectivity index (χ3v) is 6.03. The van der Waals surface area contributed by atoms with Crippen LogP contribution in [0.25, 0.3) is 16.7 Å². The predicted octanol–water partition coefficient (Wildman–Crippen LogP) is 8.29. The van der Waals surface area contributed by atoms with Crippen molar-refractivity contribution in [3.63, 3.8) is 0 Å². The molecule has 0 spiro atoms. The maximum Gasteiger partial charge on any atom is 0.0403 e. The van der Waals surface area contributed by atoms with Gasteiger partial charge in [0.2, 0.25) is 0 Å². The van der Waals surface area contributed by atoms with Crippen LogP contribution < -0.4 is 11.5 Å². The van der Waals surface area contributed by atoms with E-state index in [0.29, 0.717) is 5.92 Å². The summed E-state index contributed by atoms with van der Waals surface area (Å²) >= 11 is 0. The highest BCUT2D eigenvalue weighted by atomic mass is 14.7. The number of hydrogen-bond acceptors (Lipinski definition) is 2. The number of rotatable bonds is 6. The molecule has 182 valence electrons. The Hall–Kier alpha value is -2.94. The summed E-state index contributed by atoms with van der Waals surface area (Å²) in [5, 5.41) is 0. The van der Waals surface area contributed by atoms with Gasteiger partial charge in [-0.25, -0.2) is 0 Å². The predicted molar refractivity (Wildman–Crippen MR) is 153 cm³/mol. The van der Waals surface area contributed by atoms with Gasteiger partial charge in [-0.15, -0.1) is 0 Å². The van der Waals surface area contributed by atoms with Crippen LogP contribution in [-0.2, 0) is 0 Å². The van der Waals surface area contributed by atoms with Gasteiger partial charge < -0.3 is 11.5 Å². The van der Waals surface area contributed by atoms with Gasteiger partial charge in [-0.3, -0.25) is 0 Å². The molecule has 4 N–H and O–H groups in total. The minimum atomic E-state index is 0.250. The fraction of sp³-hybridized carbons (Fsp3) is 0.312. The highest BCUT2D eigenvalue weighted by molar-refractivity contribution is 5.77. The second-order valence-electron chi connectivity index (χ2n) is 8.27. The molecule has 2 aromatic carbocycles. The van der Waals surface area contributed by atoms with Gasteiger partial charge in [0, 0.05) is 6.67 Å². The Kier molecular flexibility index (Phi) is 13.5. The van der Waals surface area contributed by atoms with Crippen LogP contribution in [0.5, 0.6) is 0 Å². The fourth-order valence-electron chi connectivity index (χ4n) is 4.05. The van der Waals surface area contributed by atoms with Crippen LogP contribution in [0.4, 0.5) is 0 Å². The van der Waals surface area contributed by atoms with Gasteiger partial charge in [0.15, 0.2) is 0 Å². The first-order chi connectivity index (χ1) is 16.4. The molecule has 1 aliphatic rings. The molecule has 2 nitrogen and oxygen atoms in total. The Labute approximate surface area is 208 Å². The minimum Gasteiger partial charge on any atom is -0.319 e. The van der Waals surface area contributed by atoms with E-state index >= 15 is 0 Å². The summed E-state index contributed by atoms with van der Waals surface area (Å²) in [6.07, 6.45) is 15.0. The van der Waals surface area contributed by atoms with Crippen LogP contribution in [0.3, 0.4) is 0 Å². The van der Waals surface area contributed by atoms with E-state index in [0.717, 1.165) is 12.8 Å². The molecule has 0 aromatic heterocycles. The van der Waals surface area contributed by atoms with Crippen molar-refractivity contribution in [2.75, 3.05) is 6.67 Å². The molecule has 0 saturated carbocycles. The number of benzene rings is 2. The van der Waals surface area contributed by atoms with Crippen molar-refractivity contribution in [1.29, 1.82) is 0 Å². The lowest BCUT2D eigenvalue weighted by Gasteiger charge is -2.22. The molecule has 1 atom stereocenters. The van der Waals surface area contributed by atoms with Crippen molar-refractivity contribution in [3.8, 4) is 11.1 Å². The molecule has 2 heteroatoms. The van der Waals surface area contributed by atoms with E-state index in [9.17, 15) is 0 Å². The Balaban J connectivity index is 0.00000107. The Morgan fingerprint density at radius 3 is 2.09 bits per heavy atom. The summed E-state index contributed by atoms with van der Waals surface area (Å²) in [7, 11) is 0. The van der Waals surface area contributed by atoms with Crippen LogP contribution in [0.1, 0.15) is 57.2 Å². The number of aryl methyl sites for hydroxylation is 2. The molecule has 3 rings (SSSR count). The van der Waals surface area contributed by atoms with E-state index in [2.05, 4.69) is 113 Å². The molecule has 1 aliphatic carbocycles. The maximum absolute atomic E-state index is 4.62. The standard InChI is InChI=1S/C29H32.C2H6.CH6N2/c1-6-7-9-12-21(2)24(5)25-15-17-27(18-16-25)29-20-22(3)28(19-23(29)4)26-13-10-8-11-14-26;1-2;2-1-3/h6-15,17,19-20,24H,1,16,18H2,2-5H3;1-2H3;1-3H2/b9-7-,21-12+;;. The topological polar surface area (TPSA) is 52.0 Å². The van der Waals surface area contributed by atoms with Gasteiger partial charge in [0.05, 0.1) is 0 Å². The van der Waals surface area contributed by atoms with Crippen LogP contribution >= 0.6 is 0 Å². The van der Waals surface area contributed by atoms with E-state index < -0.39 is 0 Å². The van der Waals surface area contributed by atoms with Gasteiger partial charge >= 0.3 is 0 Å². The van der Waals surface area contributed by atoms with Crippen LogP contribution in [0.2, 0.25) is 0 Å². The highest BCUT2D eigenvalue weighted by Crippen LogP contribution is 2.36. The van der Waals surface area contributed by atoms with Crippen molar-refractivity contribution >= 4 is 5.57 Å². The van der Waals surface area contributed by atoms with E-state index in [1.165, 1.54) is 44.5 Å². The zero-order valence-electron chi connectivity index (χ0n) is 22.1. The first-order valence-electron chi connectivity index (χ1n) is 12.4. The third-order valence-electron chi connectivity index (χ3n) is 6.03. The lowest BCUT2D eigenvalue weighted by atomic mass is 9.83. The first-order valence-corrected chi connectivity index (χ1v) is 12.4. The number of nitrogens with two attached hydrogens (primary N) is 2. The molecule has 1 unspecified atom stereocenters.